The molecular weight excluding hydrogens is 238 g/mol. The third-order valence-electron chi connectivity index (χ3n) is 3.36. The van der Waals surface area contributed by atoms with Crippen molar-refractivity contribution in [2.75, 3.05) is 5.32 Å². The Morgan fingerprint density at radius 1 is 1.16 bits per heavy atom. The molecule has 0 aliphatic rings. The molecular formula is C15H15N3O. The quantitative estimate of drug-likeness (QED) is 0.723. The highest BCUT2D eigenvalue weighted by molar-refractivity contribution is 6.09. The average molecular weight is 253 g/mol. The fourth-order valence-electron chi connectivity index (χ4n) is 2.61. The van der Waals surface area contributed by atoms with Gasteiger partial charge in [0.2, 0.25) is 0 Å². The zero-order valence-corrected chi connectivity index (χ0v) is 10.7. The molecule has 0 bridgehead atoms. The van der Waals surface area contributed by atoms with Gasteiger partial charge in [0.15, 0.2) is 0 Å². The van der Waals surface area contributed by atoms with Gasteiger partial charge in [0, 0.05) is 34.0 Å². The zero-order chi connectivity index (χ0) is 13.4. The second-order valence-electron chi connectivity index (χ2n) is 4.48. The van der Waals surface area contributed by atoms with Crippen molar-refractivity contribution >= 4 is 33.5 Å². The highest BCUT2D eigenvalue weighted by Crippen LogP contribution is 2.30. The number of para-hydroxylation sites is 1. The second-order valence-corrected chi connectivity index (χ2v) is 4.48. The molecule has 3 rings (SSSR count). The number of benzene rings is 2. The predicted octanol–water partition coefficient (Wildman–Crippen LogP) is 3.31. The number of carbonyl (C=O) groups excluding carboxylic acids is 1. The van der Waals surface area contributed by atoms with Crippen molar-refractivity contribution in [3.8, 4) is 0 Å². The molecule has 96 valence electrons. The Hall–Kier alpha value is -2.49. The molecule has 1 heterocycles. The van der Waals surface area contributed by atoms with E-state index in [1.807, 2.05) is 30.3 Å². The van der Waals surface area contributed by atoms with Gasteiger partial charge < -0.3 is 15.6 Å². The standard InChI is InChI=1S/C15H15N3O/c1-2-18-13-6-4-3-5-11(13)12-9-10(17-15(16)19)7-8-14(12)18/h3-9H,2H2,1H3,(H3,16,17,19). The van der Waals surface area contributed by atoms with Crippen molar-refractivity contribution in [3.63, 3.8) is 0 Å². The number of amides is 2. The number of anilines is 1. The van der Waals surface area contributed by atoms with Crippen LogP contribution in [0.15, 0.2) is 42.5 Å². The molecule has 2 aromatic carbocycles. The van der Waals surface area contributed by atoms with Crippen LogP contribution in [0.4, 0.5) is 10.5 Å². The number of primary amides is 1. The van der Waals surface area contributed by atoms with Crippen molar-refractivity contribution in [1.29, 1.82) is 0 Å². The number of aryl methyl sites for hydroxylation is 1. The van der Waals surface area contributed by atoms with E-state index in [-0.39, 0.29) is 0 Å². The number of aromatic nitrogens is 1. The SMILES string of the molecule is CCn1c2ccccc2c2cc(NC(N)=O)ccc21. The molecule has 0 aliphatic heterocycles. The lowest BCUT2D eigenvalue weighted by Crippen LogP contribution is -2.19. The summed E-state index contributed by atoms with van der Waals surface area (Å²) in [4.78, 5) is 10.9. The summed E-state index contributed by atoms with van der Waals surface area (Å²) >= 11 is 0. The summed E-state index contributed by atoms with van der Waals surface area (Å²) < 4.78 is 2.26. The molecule has 0 unspecified atom stereocenters. The van der Waals surface area contributed by atoms with Crippen molar-refractivity contribution < 1.29 is 4.79 Å². The van der Waals surface area contributed by atoms with Crippen LogP contribution in [-0.2, 0) is 6.54 Å². The summed E-state index contributed by atoms with van der Waals surface area (Å²) in [7, 11) is 0. The molecule has 0 saturated carbocycles. The van der Waals surface area contributed by atoms with Crippen LogP contribution in [0, 0.1) is 0 Å². The highest BCUT2D eigenvalue weighted by atomic mass is 16.2. The van der Waals surface area contributed by atoms with Gasteiger partial charge in [0.25, 0.3) is 0 Å². The van der Waals surface area contributed by atoms with Gasteiger partial charge in [-0.25, -0.2) is 4.79 Å². The zero-order valence-electron chi connectivity index (χ0n) is 10.7. The van der Waals surface area contributed by atoms with E-state index in [0.29, 0.717) is 0 Å². The summed E-state index contributed by atoms with van der Waals surface area (Å²) in [6.07, 6.45) is 0. The van der Waals surface area contributed by atoms with Crippen LogP contribution in [0.25, 0.3) is 21.8 Å². The lowest BCUT2D eigenvalue weighted by molar-refractivity contribution is 0.259. The monoisotopic (exact) mass is 253 g/mol. The lowest BCUT2D eigenvalue weighted by Gasteiger charge is -2.04. The number of nitrogens with zero attached hydrogens (tertiary/aromatic N) is 1. The maximum Gasteiger partial charge on any atom is 0.316 e. The average Bonchev–Trinajstić information content (AvgIpc) is 2.71. The van der Waals surface area contributed by atoms with E-state index < -0.39 is 6.03 Å². The van der Waals surface area contributed by atoms with Crippen molar-refractivity contribution in [1.82, 2.24) is 4.57 Å². The van der Waals surface area contributed by atoms with Crippen LogP contribution < -0.4 is 11.1 Å². The largest absolute Gasteiger partial charge is 0.351 e. The molecule has 0 fully saturated rings. The molecule has 4 nitrogen and oxygen atoms in total. The van der Waals surface area contributed by atoms with Crippen LogP contribution in [0.3, 0.4) is 0 Å². The van der Waals surface area contributed by atoms with Crippen molar-refractivity contribution in [2.45, 2.75) is 13.5 Å². The van der Waals surface area contributed by atoms with Crippen molar-refractivity contribution in [3.05, 3.63) is 42.5 Å². The number of fused-ring (bicyclic) bond motifs is 3. The maximum atomic E-state index is 10.9. The summed E-state index contributed by atoms with van der Waals surface area (Å²) in [6.45, 7) is 3.04. The summed E-state index contributed by atoms with van der Waals surface area (Å²) in [6, 6.07) is 13.6. The maximum absolute atomic E-state index is 10.9. The molecule has 3 N–H and O–H groups in total. The summed E-state index contributed by atoms with van der Waals surface area (Å²) in [5.74, 6) is 0. The Morgan fingerprint density at radius 3 is 2.63 bits per heavy atom. The Labute approximate surface area is 110 Å². The van der Waals surface area contributed by atoms with Gasteiger partial charge in [-0.2, -0.15) is 0 Å². The van der Waals surface area contributed by atoms with Crippen LogP contribution in [0.2, 0.25) is 0 Å². The third-order valence-corrected chi connectivity index (χ3v) is 3.36. The molecule has 2 amide bonds. The van der Waals surface area contributed by atoms with Crippen molar-refractivity contribution in [2.24, 2.45) is 5.73 Å². The topological polar surface area (TPSA) is 60.1 Å². The minimum absolute atomic E-state index is 0.543. The van der Waals surface area contributed by atoms with Crippen LogP contribution in [0.5, 0.6) is 0 Å². The number of urea groups is 1. The predicted molar refractivity (Wildman–Crippen MR) is 78.3 cm³/mol. The first-order chi connectivity index (χ1) is 9.20. The number of hydrogen-bond acceptors (Lipinski definition) is 1. The van der Waals surface area contributed by atoms with Gasteiger partial charge in [-0.3, -0.25) is 0 Å². The molecule has 0 radical (unpaired) electrons. The molecule has 1 aromatic heterocycles. The van der Waals surface area contributed by atoms with E-state index in [1.54, 1.807) is 0 Å². The van der Waals surface area contributed by atoms with E-state index in [0.717, 1.165) is 17.6 Å². The fourth-order valence-corrected chi connectivity index (χ4v) is 2.61. The first-order valence-corrected chi connectivity index (χ1v) is 6.28. The van der Waals surface area contributed by atoms with E-state index in [1.165, 1.54) is 16.4 Å². The fraction of sp³-hybridized carbons (Fsp3) is 0.133. The number of hydrogen-bond donors (Lipinski definition) is 2. The smallest absolute Gasteiger partial charge is 0.316 e. The molecule has 0 aliphatic carbocycles. The van der Waals surface area contributed by atoms with Gasteiger partial charge in [0.05, 0.1) is 0 Å². The van der Waals surface area contributed by atoms with Gasteiger partial charge in [-0.15, -0.1) is 0 Å². The number of carbonyl (C=O) groups is 1. The molecule has 0 atom stereocenters. The number of nitrogens with one attached hydrogen (secondary N) is 1. The van der Waals surface area contributed by atoms with E-state index >= 15 is 0 Å². The van der Waals surface area contributed by atoms with Gasteiger partial charge in [-0.05, 0) is 31.2 Å². The Morgan fingerprint density at radius 2 is 1.89 bits per heavy atom. The third kappa shape index (κ3) is 1.81. The molecule has 4 heteroatoms. The molecule has 3 aromatic rings. The molecule has 19 heavy (non-hydrogen) atoms. The highest BCUT2D eigenvalue weighted by Gasteiger charge is 2.09. The van der Waals surface area contributed by atoms with Crippen LogP contribution in [-0.4, -0.2) is 10.6 Å². The first-order valence-electron chi connectivity index (χ1n) is 6.28. The lowest BCUT2D eigenvalue weighted by atomic mass is 10.1. The Bertz CT molecular complexity index is 774. The Balaban J connectivity index is 2.33. The first kappa shape index (κ1) is 11.6. The summed E-state index contributed by atoms with van der Waals surface area (Å²) in [5, 5.41) is 4.93. The van der Waals surface area contributed by atoms with Crippen LogP contribution in [0.1, 0.15) is 6.92 Å². The minimum Gasteiger partial charge on any atom is -0.351 e. The van der Waals surface area contributed by atoms with Gasteiger partial charge in [0.1, 0.15) is 0 Å². The van der Waals surface area contributed by atoms with E-state index in [4.69, 9.17) is 5.73 Å². The van der Waals surface area contributed by atoms with Gasteiger partial charge in [-0.1, -0.05) is 18.2 Å². The molecule has 0 saturated heterocycles. The summed E-state index contributed by atoms with van der Waals surface area (Å²) in [5.41, 5.74) is 8.25. The van der Waals surface area contributed by atoms with Crippen LogP contribution >= 0.6 is 0 Å². The number of nitrogens with two attached hydrogens (primary N) is 1. The van der Waals surface area contributed by atoms with E-state index in [9.17, 15) is 4.79 Å². The number of rotatable bonds is 2. The Kier molecular flexibility index (Phi) is 2.63. The van der Waals surface area contributed by atoms with E-state index in [2.05, 4.69) is 28.9 Å². The normalized spacial score (nSPS) is 11.0. The minimum atomic E-state index is -0.543. The molecule has 0 spiro atoms. The van der Waals surface area contributed by atoms with Gasteiger partial charge >= 0.3 is 6.03 Å². The second kappa shape index (κ2) is 4.31.